The van der Waals surface area contributed by atoms with Gasteiger partial charge < -0.3 is 14.8 Å². The van der Waals surface area contributed by atoms with Crippen LogP contribution in [-0.4, -0.2) is 47.2 Å². The lowest BCUT2D eigenvalue weighted by Gasteiger charge is -2.37. The maximum atomic E-state index is 12.6. The van der Waals surface area contributed by atoms with E-state index in [2.05, 4.69) is 5.32 Å². The molecule has 0 bridgehead atoms. The summed E-state index contributed by atoms with van der Waals surface area (Å²) in [6, 6.07) is 8.27. The van der Waals surface area contributed by atoms with Crippen molar-refractivity contribution in [3.05, 3.63) is 35.9 Å². The summed E-state index contributed by atoms with van der Waals surface area (Å²) in [7, 11) is 0. The van der Waals surface area contributed by atoms with Crippen LogP contribution >= 0.6 is 0 Å². The van der Waals surface area contributed by atoms with Gasteiger partial charge in [0.05, 0.1) is 0 Å². The quantitative estimate of drug-likeness (QED) is 0.660. The van der Waals surface area contributed by atoms with Crippen molar-refractivity contribution in [1.82, 2.24) is 10.2 Å². The molecule has 0 radical (unpaired) electrons. The first-order chi connectivity index (χ1) is 12.3. The van der Waals surface area contributed by atoms with Crippen LogP contribution in [0, 0.1) is 0 Å². The van der Waals surface area contributed by atoms with Gasteiger partial charge in [0.2, 0.25) is 6.10 Å². The summed E-state index contributed by atoms with van der Waals surface area (Å²) in [6.07, 6.45) is -0.207. The van der Waals surface area contributed by atoms with Crippen LogP contribution < -0.4 is 5.32 Å². The molecule has 1 aromatic carbocycles. The van der Waals surface area contributed by atoms with Gasteiger partial charge in [0.1, 0.15) is 17.7 Å². The number of nitrogens with one attached hydrogen (secondary N) is 1. The summed E-state index contributed by atoms with van der Waals surface area (Å²) in [5.41, 5.74) is 0.237. The second-order valence-electron chi connectivity index (χ2n) is 7.59. The molecule has 26 heavy (non-hydrogen) atoms. The van der Waals surface area contributed by atoms with E-state index >= 15 is 0 Å². The molecule has 0 saturated carbocycles. The van der Waals surface area contributed by atoms with Crippen molar-refractivity contribution in [2.75, 3.05) is 6.54 Å². The van der Waals surface area contributed by atoms with Gasteiger partial charge in [0.25, 0.3) is 5.91 Å². The van der Waals surface area contributed by atoms with Gasteiger partial charge in [-0.3, -0.25) is 9.69 Å². The van der Waals surface area contributed by atoms with E-state index in [-0.39, 0.29) is 11.9 Å². The molecule has 7 nitrogen and oxygen atoms in total. The first-order valence-corrected chi connectivity index (χ1v) is 8.82. The van der Waals surface area contributed by atoms with E-state index < -0.39 is 29.8 Å². The van der Waals surface area contributed by atoms with Gasteiger partial charge in [-0.1, -0.05) is 30.3 Å². The molecular weight excluding hydrogens is 336 g/mol. The number of hydrogen-bond donors (Lipinski definition) is 1. The number of β-lactam (4-membered cyclic amide) rings is 1. The maximum Gasteiger partial charge on any atom is 0.411 e. The number of rotatable bonds is 3. The highest BCUT2D eigenvalue weighted by Gasteiger charge is 2.46. The molecular formula is C19H24N2O5. The molecule has 0 aliphatic carbocycles. The predicted octanol–water partition coefficient (Wildman–Crippen LogP) is 2.17. The molecule has 0 unspecified atom stereocenters. The Morgan fingerprint density at radius 1 is 1.19 bits per heavy atom. The molecule has 1 N–H and O–H groups in total. The number of hydrogen-bond acceptors (Lipinski definition) is 5. The Morgan fingerprint density at radius 3 is 2.50 bits per heavy atom. The first kappa shape index (κ1) is 18.2. The molecule has 140 valence electrons. The number of ether oxygens (including phenoxy) is 2. The molecule has 3 rings (SSSR count). The lowest BCUT2D eigenvalue weighted by Crippen LogP contribution is -2.59. The fraction of sp³-hybridized carbons (Fsp3) is 0.526. The van der Waals surface area contributed by atoms with Crippen molar-refractivity contribution >= 4 is 18.0 Å². The molecule has 2 heterocycles. The van der Waals surface area contributed by atoms with Crippen molar-refractivity contribution in [3.63, 3.8) is 0 Å². The summed E-state index contributed by atoms with van der Waals surface area (Å²) in [4.78, 5) is 38.2. The average Bonchev–Trinajstić information content (AvgIpc) is 3.06. The molecule has 0 aromatic heterocycles. The fourth-order valence-corrected chi connectivity index (χ4v) is 3.16. The third kappa shape index (κ3) is 3.81. The van der Waals surface area contributed by atoms with Gasteiger partial charge in [-0.25, -0.2) is 9.59 Å². The van der Waals surface area contributed by atoms with Crippen LogP contribution in [0.2, 0.25) is 0 Å². The molecule has 2 aliphatic rings. The molecule has 2 aliphatic heterocycles. The number of likely N-dealkylation sites (tertiary alicyclic amines) is 1. The van der Waals surface area contributed by atoms with E-state index in [9.17, 15) is 14.4 Å². The van der Waals surface area contributed by atoms with E-state index in [1.807, 2.05) is 30.3 Å². The number of carbonyl (C=O) groups excluding carboxylic acids is 3. The van der Waals surface area contributed by atoms with Crippen LogP contribution in [0.25, 0.3) is 0 Å². The van der Waals surface area contributed by atoms with Gasteiger partial charge in [-0.05, 0) is 39.2 Å². The highest BCUT2D eigenvalue weighted by Crippen LogP contribution is 2.29. The zero-order chi connectivity index (χ0) is 18.9. The SMILES string of the molecule is CC(C)(C)OC(=O)N1CCC[C@@H]1C(=O)O[C@@H]1C(=O)N[C@H]1c1ccccc1. The second-order valence-corrected chi connectivity index (χ2v) is 7.59. The Labute approximate surface area is 152 Å². The van der Waals surface area contributed by atoms with Crippen LogP contribution in [-0.2, 0) is 19.1 Å². The summed E-state index contributed by atoms with van der Waals surface area (Å²) in [6.45, 7) is 5.76. The predicted molar refractivity (Wildman–Crippen MR) is 93.2 cm³/mol. The zero-order valence-corrected chi connectivity index (χ0v) is 15.2. The minimum Gasteiger partial charge on any atom is -0.448 e. The van der Waals surface area contributed by atoms with Crippen LogP contribution in [0.15, 0.2) is 30.3 Å². The van der Waals surface area contributed by atoms with E-state index in [1.165, 1.54) is 4.90 Å². The summed E-state index contributed by atoms with van der Waals surface area (Å²) < 4.78 is 10.8. The summed E-state index contributed by atoms with van der Waals surface area (Å²) >= 11 is 0. The number of carbonyl (C=O) groups is 3. The van der Waals surface area contributed by atoms with Gasteiger partial charge in [0, 0.05) is 6.54 Å². The summed E-state index contributed by atoms with van der Waals surface area (Å²) in [5, 5.41) is 2.75. The highest BCUT2D eigenvalue weighted by atomic mass is 16.6. The van der Waals surface area contributed by atoms with Crippen molar-refractivity contribution in [2.45, 2.75) is 57.4 Å². The number of amides is 2. The molecule has 2 fully saturated rings. The monoisotopic (exact) mass is 360 g/mol. The normalized spacial score (nSPS) is 25.3. The lowest BCUT2D eigenvalue weighted by atomic mass is 9.94. The molecule has 3 atom stereocenters. The number of esters is 1. The molecule has 1 aromatic rings. The maximum absolute atomic E-state index is 12.6. The van der Waals surface area contributed by atoms with Gasteiger partial charge in [-0.15, -0.1) is 0 Å². The smallest absolute Gasteiger partial charge is 0.411 e. The van der Waals surface area contributed by atoms with Gasteiger partial charge >= 0.3 is 12.1 Å². The third-order valence-electron chi connectivity index (χ3n) is 4.41. The van der Waals surface area contributed by atoms with E-state index in [1.54, 1.807) is 20.8 Å². The molecule has 0 spiro atoms. The Kier molecular flexibility index (Phi) is 4.89. The standard InChI is InChI=1S/C19H24N2O5/c1-19(2,3)26-18(24)21-11-7-10-13(21)17(23)25-15-14(20-16(15)22)12-8-5-4-6-9-12/h4-6,8-9,13-15H,7,10-11H2,1-3H3,(H,20,22)/t13-,14+,15+/m1/s1. The molecule has 2 amide bonds. The van der Waals surface area contributed by atoms with Crippen LogP contribution in [0.5, 0.6) is 0 Å². The van der Waals surface area contributed by atoms with E-state index in [0.717, 1.165) is 5.56 Å². The first-order valence-electron chi connectivity index (χ1n) is 8.82. The van der Waals surface area contributed by atoms with Crippen LogP contribution in [0.3, 0.4) is 0 Å². The van der Waals surface area contributed by atoms with Gasteiger partial charge in [0.15, 0.2) is 0 Å². The van der Waals surface area contributed by atoms with E-state index in [0.29, 0.717) is 19.4 Å². The minimum atomic E-state index is -0.869. The average molecular weight is 360 g/mol. The molecule has 2 saturated heterocycles. The van der Waals surface area contributed by atoms with Crippen molar-refractivity contribution < 1.29 is 23.9 Å². The van der Waals surface area contributed by atoms with Gasteiger partial charge in [-0.2, -0.15) is 0 Å². The Balaban J connectivity index is 1.65. The molecule has 7 heteroatoms. The zero-order valence-electron chi connectivity index (χ0n) is 15.2. The third-order valence-corrected chi connectivity index (χ3v) is 4.41. The Hall–Kier alpha value is -2.57. The van der Waals surface area contributed by atoms with Crippen LogP contribution in [0.4, 0.5) is 4.79 Å². The Bertz CT molecular complexity index is 698. The fourth-order valence-electron chi connectivity index (χ4n) is 3.16. The largest absolute Gasteiger partial charge is 0.448 e. The van der Waals surface area contributed by atoms with Crippen molar-refractivity contribution in [2.24, 2.45) is 0 Å². The van der Waals surface area contributed by atoms with Crippen molar-refractivity contribution in [1.29, 1.82) is 0 Å². The topological polar surface area (TPSA) is 84.9 Å². The lowest BCUT2D eigenvalue weighted by molar-refractivity contribution is -0.169. The highest BCUT2D eigenvalue weighted by molar-refractivity contribution is 5.92. The van der Waals surface area contributed by atoms with Crippen molar-refractivity contribution in [3.8, 4) is 0 Å². The number of benzene rings is 1. The number of nitrogens with zero attached hydrogens (tertiary/aromatic N) is 1. The minimum absolute atomic E-state index is 0.325. The van der Waals surface area contributed by atoms with Crippen LogP contribution in [0.1, 0.15) is 45.2 Å². The summed E-state index contributed by atoms with van der Waals surface area (Å²) in [5.74, 6) is -0.886. The van der Waals surface area contributed by atoms with E-state index in [4.69, 9.17) is 9.47 Å². The Morgan fingerprint density at radius 2 is 1.88 bits per heavy atom. The second kappa shape index (κ2) is 6.97.